The summed E-state index contributed by atoms with van der Waals surface area (Å²) in [5, 5.41) is 8.67. The Kier molecular flexibility index (Phi) is 7.25. The maximum Gasteiger partial charge on any atom is 0.367 e. The molecule has 0 radical (unpaired) electrons. The Morgan fingerprint density at radius 3 is 2.36 bits per heavy atom. The first-order valence-corrected chi connectivity index (χ1v) is 9.11. The van der Waals surface area contributed by atoms with Crippen LogP contribution < -0.4 is 0 Å². The van der Waals surface area contributed by atoms with Crippen molar-refractivity contribution in [2.75, 3.05) is 27.2 Å². The minimum absolute atomic E-state index is 0.0639. The zero-order valence-corrected chi connectivity index (χ0v) is 16.5. The number of aromatic nitrogens is 1. The lowest BCUT2D eigenvalue weighted by Crippen LogP contribution is -2.45. The monoisotopic (exact) mass is 387 g/mol. The molecule has 150 valence electrons. The second-order valence-corrected chi connectivity index (χ2v) is 7.12. The van der Waals surface area contributed by atoms with Crippen LogP contribution in [0.5, 0.6) is 0 Å². The van der Waals surface area contributed by atoms with Crippen molar-refractivity contribution in [3.8, 4) is 0 Å². The molecular weight excluding hydrogens is 360 g/mol. The number of hydroxylamine groups is 3. The molecule has 1 heterocycles. The Morgan fingerprint density at radius 2 is 1.75 bits per heavy atom. The van der Waals surface area contributed by atoms with Crippen molar-refractivity contribution in [1.82, 2.24) is 4.98 Å². The molecule has 0 aliphatic rings. The third-order valence-electron chi connectivity index (χ3n) is 4.39. The van der Waals surface area contributed by atoms with E-state index in [0.717, 1.165) is 11.3 Å². The minimum Gasteiger partial charge on any atom is -0.481 e. The first-order valence-electron chi connectivity index (χ1n) is 9.11. The number of rotatable bonds is 10. The van der Waals surface area contributed by atoms with Crippen LogP contribution in [-0.4, -0.2) is 53.9 Å². The van der Waals surface area contributed by atoms with Gasteiger partial charge in [-0.3, -0.25) is 14.6 Å². The summed E-state index contributed by atoms with van der Waals surface area (Å²) < 4.78 is 6.19. The molecule has 0 fully saturated rings. The number of pyridine rings is 1. The zero-order valence-electron chi connectivity index (χ0n) is 16.5. The highest BCUT2D eigenvalue weighted by Gasteiger charge is 2.33. The predicted molar refractivity (Wildman–Crippen MR) is 103 cm³/mol. The van der Waals surface area contributed by atoms with Crippen molar-refractivity contribution in [3.63, 3.8) is 0 Å². The fourth-order valence-electron chi connectivity index (χ4n) is 2.75. The maximum absolute atomic E-state index is 11.8. The SMILES string of the molecule is CC(OCC[N+](C)(C)OC(=O)CCC(=O)O)(c1ccccc1)c1ccccn1. The first kappa shape index (κ1) is 21.5. The average molecular weight is 387 g/mol. The molecule has 0 spiro atoms. The summed E-state index contributed by atoms with van der Waals surface area (Å²) in [5.74, 6) is -1.58. The number of carbonyl (C=O) groups is 2. The van der Waals surface area contributed by atoms with E-state index < -0.39 is 17.5 Å². The molecule has 0 bridgehead atoms. The highest BCUT2D eigenvalue weighted by atomic mass is 16.7. The molecule has 7 heteroatoms. The van der Waals surface area contributed by atoms with Crippen molar-refractivity contribution in [2.45, 2.75) is 25.4 Å². The highest BCUT2D eigenvalue weighted by molar-refractivity contribution is 5.76. The second kappa shape index (κ2) is 9.43. The van der Waals surface area contributed by atoms with E-state index in [1.54, 1.807) is 20.3 Å². The zero-order chi connectivity index (χ0) is 20.6. The quantitative estimate of drug-likeness (QED) is 0.498. The van der Waals surface area contributed by atoms with E-state index in [1.807, 2.05) is 55.5 Å². The molecule has 0 aliphatic heterocycles. The predicted octanol–water partition coefficient (Wildman–Crippen LogP) is 2.76. The average Bonchev–Trinajstić information content (AvgIpc) is 2.67. The van der Waals surface area contributed by atoms with Gasteiger partial charge < -0.3 is 9.84 Å². The smallest absolute Gasteiger partial charge is 0.367 e. The van der Waals surface area contributed by atoms with Gasteiger partial charge in [-0.15, -0.1) is 4.65 Å². The van der Waals surface area contributed by atoms with Gasteiger partial charge in [0.25, 0.3) is 0 Å². The summed E-state index contributed by atoms with van der Waals surface area (Å²) in [5.41, 5.74) is 0.998. The lowest BCUT2D eigenvalue weighted by molar-refractivity contribution is -1.06. The van der Waals surface area contributed by atoms with Crippen LogP contribution in [0.15, 0.2) is 54.7 Å². The van der Waals surface area contributed by atoms with Gasteiger partial charge in [-0.05, 0) is 24.6 Å². The molecule has 0 saturated carbocycles. The number of likely N-dealkylation sites (N-methyl/N-ethyl adjacent to an activating group) is 1. The van der Waals surface area contributed by atoms with Crippen molar-refractivity contribution < 1.29 is 28.9 Å². The van der Waals surface area contributed by atoms with Crippen LogP contribution in [0.4, 0.5) is 0 Å². The van der Waals surface area contributed by atoms with E-state index in [1.165, 1.54) is 0 Å². The molecule has 0 saturated heterocycles. The van der Waals surface area contributed by atoms with Gasteiger partial charge in [-0.25, -0.2) is 4.79 Å². The standard InChI is InChI=1S/C21H26N2O5/c1-21(17-9-5-4-6-10-17,18-11-7-8-14-22-18)27-16-15-23(2,3)28-20(26)13-12-19(24)25/h4-11,14H,12-13,15-16H2,1-3H3/p+1. The Hall–Kier alpha value is -2.77. The number of carboxylic acids is 1. The summed E-state index contributed by atoms with van der Waals surface area (Å²) in [7, 11) is 3.45. The number of benzene rings is 1. The van der Waals surface area contributed by atoms with E-state index in [2.05, 4.69) is 4.98 Å². The van der Waals surface area contributed by atoms with Crippen LogP contribution in [0.3, 0.4) is 0 Å². The molecule has 1 N–H and O–H groups in total. The Morgan fingerprint density at radius 1 is 1.07 bits per heavy atom. The number of quaternary nitrogens is 1. The fraction of sp³-hybridized carbons (Fsp3) is 0.381. The third kappa shape index (κ3) is 6.14. The Bertz CT molecular complexity index is 738. The van der Waals surface area contributed by atoms with Crippen LogP contribution in [-0.2, 0) is 24.8 Å². The normalized spacial score (nSPS) is 13.5. The molecule has 2 rings (SSSR count). The topological polar surface area (TPSA) is 85.7 Å². The van der Waals surface area contributed by atoms with E-state index in [9.17, 15) is 9.59 Å². The summed E-state index contributed by atoms with van der Waals surface area (Å²) in [4.78, 5) is 32.2. The van der Waals surface area contributed by atoms with Gasteiger partial charge in [0.15, 0.2) is 0 Å². The molecule has 0 amide bonds. The van der Waals surface area contributed by atoms with Crippen molar-refractivity contribution in [1.29, 1.82) is 0 Å². The largest absolute Gasteiger partial charge is 0.481 e. The van der Waals surface area contributed by atoms with Crippen LogP contribution in [0.25, 0.3) is 0 Å². The van der Waals surface area contributed by atoms with Gasteiger partial charge in [0.05, 0.1) is 18.5 Å². The Labute approximate surface area is 165 Å². The van der Waals surface area contributed by atoms with Gasteiger partial charge in [-0.2, -0.15) is 0 Å². The minimum atomic E-state index is -1.03. The van der Waals surface area contributed by atoms with Crippen LogP contribution in [0.1, 0.15) is 31.0 Å². The van der Waals surface area contributed by atoms with E-state index in [0.29, 0.717) is 13.2 Å². The number of ether oxygens (including phenoxy) is 1. The van der Waals surface area contributed by atoms with Crippen LogP contribution >= 0.6 is 0 Å². The van der Waals surface area contributed by atoms with E-state index in [-0.39, 0.29) is 17.5 Å². The van der Waals surface area contributed by atoms with Gasteiger partial charge in [0, 0.05) is 6.20 Å². The summed E-state index contributed by atoms with van der Waals surface area (Å²) in [6.45, 7) is 2.67. The molecule has 7 nitrogen and oxygen atoms in total. The maximum atomic E-state index is 11.8. The molecule has 2 aromatic rings. The Balaban J connectivity index is 2.04. The summed E-state index contributed by atoms with van der Waals surface area (Å²) in [6.07, 6.45) is 1.32. The number of nitrogens with zero attached hydrogens (tertiary/aromatic N) is 2. The first-order chi connectivity index (χ1) is 13.2. The number of hydrogen-bond acceptors (Lipinski definition) is 5. The number of aliphatic carboxylic acids is 1. The lowest BCUT2D eigenvalue weighted by Gasteiger charge is -2.32. The molecular formula is C21H27N2O5+. The van der Waals surface area contributed by atoms with Gasteiger partial charge >= 0.3 is 11.9 Å². The second-order valence-electron chi connectivity index (χ2n) is 7.12. The number of hydrogen-bond donors (Lipinski definition) is 1. The molecule has 1 aromatic carbocycles. The van der Waals surface area contributed by atoms with Gasteiger partial charge in [-0.1, -0.05) is 36.4 Å². The summed E-state index contributed by atoms with van der Waals surface area (Å²) >= 11 is 0. The molecule has 28 heavy (non-hydrogen) atoms. The van der Waals surface area contributed by atoms with Gasteiger partial charge in [0.2, 0.25) is 0 Å². The third-order valence-corrected chi connectivity index (χ3v) is 4.39. The number of carbonyl (C=O) groups excluding carboxylic acids is 1. The fourth-order valence-corrected chi connectivity index (χ4v) is 2.75. The molecule has 1 atom stereocenters. The lowest BCUT2D eigenvalue weighted by atomic mass is 9.91. The molecule has 1 unspecified atom stereocenters. The molecule has 1 aromatic heterocycles. The summed E-state index contributed by atoms with van der Waals surface area (Å²) in [6, 6.07) is 15.5. The van der Waals surface area contributed by atoms with Crippen LogP contribution in [0.2, 0.25) is 0 Å². The molecule has 0 aliphatic carbocycles. The van der Waals surface area contributed by atoms with Crippen molar-refractivity contribution >= 4 is 11.9 Å². The van der Waals surface area contributed by atoms with Crippen molar-refractivity contribution in [2.24, 2.45) is 0 Å². The van der Waals surface area contributed by atoms with E-state index >= 15 is 0 Å². The van der Waals surface area contributed by atoms with E-state index in [4.69, 9.17) is 14.7 Å². The number of carboxylic acid groups (broad SMARTS) is 1. The van der Waals surface area contributed by atoms with Gasteiger partial charge in [0.1, 0.15) is 32.8 Å². The van der Waals surface area contributed by atoms with Crippen molar-refractivity contribution in [3.05, 3.63) is 66.0 Å². The van der Waals surface area contributed by atoms with Crippen LogP contribution in [0, 0.1) is 0 Å². The highest BCUT2D eigenvalue weighted by Crippen LogP contribution is 2.31.